The molecule has 0 unspecified atom stereocenters. The molecule has 3 rings (SSSR count). The standard InChI is InChI=1S/C19H29N3O4S/c1-26-14-6-9-20-19(23)16-7-8-17(21-10-2-3-11-21)18(15-16)27(24,25)22-12-4-5-13-22/h7-8,15H,2-6,9-14H2,1H3,(H,20,23). The van der Waals surface area contributed by atoms with Gasteiger partial charge in [-0.1, -0.05) is 0 Å². The molecule has 0 bridgehead atoms. The molecule has 0 aliphatic carbocycles. The van der Waals surface area contributed by atoms with E-state index in [0.717, 1.165) is 44.5 Å². The van der Waals surface area contributed by atoms with E-state index in [-0.39, 0.29) is 10.8 Å². The molecule has 0 atom stereocenters. The molecule has 0 aromatic heterocycles. The zero-order valence-corrected chi connectivity index (χ0v) is 16.8. The molecule has 0 radical (unpaired) electrons. The van der Waals surface area contributed by atoms with Crippen molar-refractivity contribution in [1.82, 2.24) is 9.62 Å². The van der Waals surface area contributed by atoms with Crippen LogP contribution in [0.1, 0.15) is 42.5 Å². The van der Waals surface area contributed by atoms with Crippen LogP contribution >= 0.6 is 0 Å². The van der Waals surface area contributed by atoms with Gasteiger partial charge in [-0.25, -0.2) is 8.42 Å². The number of hydrogen-bond donors (Lipinski definition) is 1. The van der Waals surface area contributed by atoms with Gasteiger partial charge in [-0.3, -0.25) is 4.79 Å². The van der Waals surface area contributed by atoms with Gasteiger partial charge in [0.2, 0.25) is 10.0 Å². The summed E-state index contributed by atoms with van der Waals surface area (Å²) >= 11 is 0. The van der Waals surface area contributed by atoms with E-state index in [1.54, 1.807) is 29.6 Å². The number of methoxy groups -OCH3 is 1. The minimum atomic E-state index is -3.60. The van der Waals surface area contributed by atoms with Gasteiger partial charge in [-0.05, 0) is 50.3 Å². The summed E-state index contributed by atoms with van der Waals surface area (Å²) in [4.78, 5) is 14.8. The molecule has 0 spiro atoms. The van der Waals surface area contributed by atoms with Gasteiger partial charge >= 0.3 is 0 Å². The Bertz CT molecular complexity index is 754. The summed E-state index contributed by atoms with van der Waals surface area (Å²) in [5.74, 6) is -0.253. The molecular weight excluding hydrogens is 366 g/mol. The molecule has 2 aliphatic heterocycles. The second kappa shape index (κ2) is 9.03. The number of hydrogen-bond acceptors (Lipinski definition) is 5. The number of carbonyl (C=O) groups excluding carboxylic acids is 1. The minimum Gasteiger partial charge on any atom is -0.385 e. The Hall–Kier alpha value is -1.64. The van der Waals surface area contributed by atoms with Crippen LogP contribution in [-0.2, 0) is 14.8 Å². The highest BCUT2D eigenvalue weighted by Crippen LogP contribution is 2.32. The van der Waals surface area contributed by atoms with Crippen LogP contribution in [0.4, 0.5) is 5.69 Å². The normalized spacial score (nSPS) is 18.2. The van der Waals surface area contributed by atoms with Gasteiger partial charge in [0.1, 0.15) is 4.90 Å². The molecule has 1 aromatic rings. The third kappa shape index (κ3) is 4.62. The van der Waals surface area contributed by atoms with Crippen molar-refractivity contribution in [2.75, 3.05) is 51.3 Å². The molecule has 2 aliphatic rings. The topological polar surface area (TPSA) is 79.0 Å². The minimum absolute atomic E-state index is 0.253. The molecule has 2 heterocycles. The predicted octanol–water partition coefficient (Wildman–Crippen LogP) is 1.84. The number of carbonyl (C=O) groups is 1. The van der Waals surface area contributed by atoms with E-state index in [0.29, 0.717) is 38.2 Å². The lowest BCUT2D eigenvalue weighted by Gasteiger charge is -2.24. The Morgan fingerprint density at radius 1 is 1.11 bits per heavy atom. The molecule has 150 valence electrons. The molecule has 0 saturated carbocycles. The second-order valence-corrected chi connectivity index (χ2v) is 9.00. The van der Waals surface area contributed by atoms with Crippen molar-refractivity contribution >= 4 is 21.6 Å². The molecule has 8 heteroatoms. The zero-order valence-electron chi connectivity index (χ0n) is 15.9. The molecular formula is C19H29N3O4S. The molecule has 2 saturated heterocycles. The number of anilines is 1. The molecule has 1 aromatic carbocycles. The van der Waals surface area contributed by atoms with Gasteiger partial charge in [-0.15, -0.1) is 0 Å². The first kappa shape index (κ1) is 20.1. The van der Waals surface area contributed by atoms with E-state index in [1.807, 2.05) is 0 Å². The molecule has 1 N–H and O–H groups in total. The van der Waals surface area contributed by atoms with Crippen molar-refractivity contribution in [3.05, 3.63) is 23.8 Å². The SMILES string of the molecule is COCCCNC(=O)c1ccc(N2CCCC2)c(S(=O)(=O)N2CCCC2)c1. The number of nitrogens with one attached hydrogen (secondary N) is 1. The number of amides is 1. The Balaban J connectivity index is 1.88. The third-order valence-corrected chi connectivity index (χ3v) is 7.09. The van der Waals surface area contributed by atoms with E-state index in [1.165, 1.54) is 0 Å². The van der Waals surface area contributed by atoms with Crippen LogP contribution in [-0.4, -0.2) is 65.1 Å². The Morgan fingerprint density at radius 3 is 2.44 bits per heavy atom. The number of rotatable bonds is 8. The summed E-state index contributed by atoms with van der Waals surface area (Å²) in [6.45, 7) is 3.87. The summed E-state index contributed by atoms with van der Waals surface area (Å²) in [7, 11) is -1.98. The maximum absolute atomic E-state index is 13.2. The number of nitrogens with zero attached hydrogens (tertiary/aromatic N) is 2. The highest BCUT2D eigenvalue weighted by molar-refractivity contribution is 7.89. The van der Waals surface area contributed by atoms with Gasteiger partial charge < -0.3 is 15.0 Å². The molecule has 7 nitrogen and oxygen atoms in total. The first-order valence-electron chi connectivity index (χ1n) is 9.70. The van der Waals surface area contributed by atoms with Gasteiger partial charge in [0, 0.05) is 52.0 Å². The third-order valence-electron chi connectivity index (χ3n) is 5.16. The highest BCUT2D eigenvalue weighted by atomic mass is 32.2. The monoisotopic (exact) mass is 395 g/mol. The lowest BCUT2D eigenvalue weighted by Crippen LogP contribution is -2.31. The van der Waals surface area contributed by atoms with Gasteiger partial charge in [0.05, 0.1) is 5.69 Å². The fraction of sp³-hybridized carbons (Fsp3) is 0.632. The fourth-order valence-electron chi connectivity index (χ4n) is 3.67. The number of sulfonamides is 1. The summed E-state index contributed by atoms with van der Waals surface area (Å²) in [5, 5.41) is 2.83. The van der Waals surface area contributed by atoms with Crippen LogP contribution in [0.2, 0.25) is 0 Å². The van der Waals surface area contributed by atoms with E-state index in [4.69, 9.17) is 4.74 Å². The molecule has 27 heavy (non-hydrogen) atoms. The molecule has 1 amide bonds. The lowest BCUT2D eigenvalue weighted by atomic mass is 10.2. The van der Waals surface area contributed by atoms with Gasteiger partial charge in [0.15, 0.2) is 0 Å². The quantitative estimate of drug-likeness (QED) is 0.680. The molecule has 2 fully saturated rings. The van der Waals surface area contributed by atoms with Crippen LogP contribution in [0, 0.1) is 0 Å². The van der Waals surface area contributed by atoms with Crippen LogP contribution in [0.15, 0.2) is 23.1 Å². The van der Waals surface area contributed by atoms with Crippen molar-refractivity contribution in [2.45, 2.75) is 37.0 Å². The maximum Gasteiger partial charge on any atom is 0.251 e. The van der Waals surface area contributed by atoms with E-state index >= 15 is 0 Å². The van der Waals surface area contributed by atoms with Crippen molar-refractivity contribution in [2.24, 2.45) is 0 Å². The van der Waals surface area contributed by atoms with E-state index in [2.05, 4.69) is 10.2 Å². The smallest absolute Gasteiger partial charge is 0.251 e. The Morgan fingerprint density at radius 2 is 1.78 bits per heavy atom. The largest absolute Gasteiger partial charge is 0.385 e. The van der Waals surface area contributed by atoms with Gasteiger partial charge in [-0.2, -0.15) is 4.31 Å². The average molecular weight is 396 g/mol. The zero-order chi connectivity index (χ0) is 19.3. The van der Waals surface area contributed by atoms with Crippen LogP contribution in [0.25, 0.3) is 0 Å². The van der Waals surface area contributed by atoms with Crippen LogP contribution in [0.3, 0.4) is 0 Å². The number of benzene rings is 1. The van der Waals surface area contributed by atoms with Gasteiger partial charge in [0.25, 0.3) is 5.91 Å². The lowest BCUT2D eigenvalue weighted by molar-refractivity contribution is 0.0948. The van der Waals surface area contributed by atoms with E-state index in [9.17, 15) is 13.2 Å². The van der Waals surface area contributed by atoms with Crippen molar-refractivity contribution in [3.63, 3.8) is 0 Å². The predicted molar refractivity (Wildman–Crippen MR) is 105 cm³/mol. The summed E-state index contributed by atoms with van der Waals surface area (Å²) < 4.78 is 33.0. The van der Waals surface area contributed by atoms with Crippen molar-refractivity contribution in [3.8, 4) is 0 Å². The highest BCUT2D eigenvalue weighted by Gasteiger charge is 2.32. The Kier molecular flexibility index (Phi) is 6.73. The Labute approximate surface area is 161 Å². The van der Waals surface area contributed by atoms with Crippen LogP contribution in [0.5, 0.6) is 0 Å². The number of ether oxygens (including phenoxy) is 1. The summed E-state index contributed by atoms with van der Waals surface area (Å²) in [6.07, 6.45) is 4.61. The van der Waals surface area contributed by atoms with Crippen molar-refractivity contribution in [1.29, 1.82) is 0 Å². The first-order chi connectivity index (χ1) is 13.0. The second-order valence-electron chi connectivity index (χ2n) is 7.09. The summed E-state index contributed by atoms with van der Waals surface area (Å²) in [5.41, 5.74) is 1.10. The maximum atomic E-state index is 13.2. The van der Waals surface area contributed by atoms with Crippen LogP contribution < -0.4 is 10.2 Å². The summed E-state index contributed by atoms with van der Waals surface area (Å²) in [6, 6.07) is 5.06. The first-order valence-corrected chi connectivity index (χ1v) is 11.1. The van der Waals surface area contributed by atoms with Crippen molar-refractivity contribution < 1.29 is 17.9 Å². The van der Waals surface area contributed by atoms with E-state index < -0.39 is 10.0 Å². The fourth-order valence-corrected chi connectivity index (χ4v) is 5.42. The average Bonchev–Trinajstić information content (AvgIpc) is 3.38.